The Morgan fingerprint density at radius 3 is 1.85 bits per heavy atom. The molecule has 1 aliphatic heterocycles. The van der Waals surface area contributed by atoms with Gasteiger partial charge in [-0.2, -0.15) is 25.9 Å². The standard InChI is InChI=1S/C19H29N4O2S.CHF3O3S/c1-19(2,3)18-7-5-17(6-8-18)15-21-10-13-22(14-11-21)26(24,25)23-12-9-20(4)16-23;2-1(3,4)8(5,6)7/h5-9,12,16H,10-11,13-15H2,1-4H3;(H,5,6,7)/q+1;/p-1. The van der Waals surface area contributed by atoms with Crippen LogP contribution in [-0.4, -0.2) is 66.3 Å². The van der Waals surface area contributed by atoms with E-state index in [9.17, 15) is 21.6 Å². The number of aromatic nitrogens is 2. The van der Waals surface area contributed by atoms with Crippen LogP contribution < -0.4 is 4.57 Å². The summed E-state index contributed by atoms with van der Waals surface area (Å²) >= 11 is 0. The van der Waals surface area contributed by atoms with Crippen molar-refractivity contribution >= 4 is 20.3 Å². The molecule has 0 spiro atoms. The molecule has 2 heterocycles. The van der Waals surface area contributed by atoms with Crippen LogP contribution >= 0.6 is 0 Å². The zero-order valence-corrected chi connectivity index (χ0v) is 21.0. The van der Waals surface area contributed by atoms with Crippen LogP contribution in [0.1, 0.15) is 31.9 Å². The van der Waals surface area contributed by atoms with Crippen LogP contribution in [0.25, 0.3) is 0 Å². The summed E-state index contributed by atoms with van der Waals surface area (Å²) in [7, 11) is -7.73. The summed E-state index contributed by atoms with van der Waals surface area (Å²) < 4.78 is 88.8. The number of imidazole rings is 1. The molecule has 1 fully saturated rings. The molecule has 0 amide bonds. The molecule has 3 rings (SSSR count). The fourth-order valence-corrected chi connectivity index (χ4v) is 4.55. The first-order valence-corrected chi connectivity index (χ1v) is 13.1. The number of benzene rings is 1. The van der Waals surface area contributed by atoms with E-state index in [1.54, 1.807) is 27.6 Å². The van der Waals surface area contributed by atoms with Crippen molar-refractivity contribution in [3.05, 3.63) is 54.1 Å². The van der Waals surface area contributed by atoms with Crippen LogP contribution in [0, 0.1) is 0 Å². The second-order valence-electron chi connectivity index (χ2n) is 8.94. The van der Waals surface area contributed by atoms with E-state index in [0.29, 0.717) is 13.1 Å². The Balaban J connectivity index is 0.000000440. The maximum absolute atomic E-state index is 12.7. The second kappa shape index (κ2) is 10.3. The van der Waals surface area contributed by atoms with Crippen LogP contribution in [-0.2, 0) is 39.3 Å². The molecular formula is C20H29F3N4O5S2. The van der Waals surface area contributed by atoms with Crippen LogP contribution in [0.5, 0.6) is 0 Å². The molecule has 192 valence electrons. The van der Waals surface area contributed by atoms with Crippen LogP contribution in [0.2, 0.25) is 0 Å². The molecule has 0 bridgehead atoms. The number of hydrogen-bond donors (Lipinski definition) is 0. The van der Waals surface area contributed by atoms with Gasteiger partial charge in [-0.05, 0) is 16.5 Å². The maximum atomic E-state index is 12.7. The minimum absolute atomic E-state index is 0.160. The van der Waals surface area contributed by atoms with E-state index in [0.717, 1.165) is 19.6 Å². The summed E-state index contributed by atoms with van der Waals surface area (Å²) in [5, 5.41) is 0. The van der Waals surface area contributed by atoms with E-state index in [4.69, 9.17) is 13.0 Å². The molecule has 0 radical (unpaired) electrons. The minimum atomic E-state index is -6.09. The molecule has 1 aromatic heterocycles. The number of alkyl halides is 3. The highest BCUT2D eigenvalue weighted by Gasteiger charge is 2.37. The summed E-state index contributed by atoms with van der Waals surface area (Å²) in [5.41, 5.74) is -2.88. The molecule has 1 aromatic carbocycles. The highest BCUT2D eigenvalue weighted by Crippen LogP contribution is 2.23. The monoisotopic (exact) mass is 526 g/mol. The number of piperazine rings is 1. The van der Waals surface area contributed by atoms with Gasteiger partial charge in [-0.15, -0.1) is 3.97 Å². The molecule has 9 nitrogen and oxygen atoms in total. The lowest BCUT2D eigenvalue weighted by atomic mass is 9.87. The fourth-order valence-electron chi connectivity index (χ4n) is 3.18. The smallest absolute Gasteiger partial charge is 0.485 e. The van der Waals surface area contributed by atoms with Gasteiger partial charge >= 0.3 is 15.7 Å². The van der Waals surface area contributed by atoms with Gasteiger partial charge in [0.05, 0.1) is 7.05 Å². The van der Waals surface area contributed by atoms with Gasteiger partial charge in [0.25, 0.3) is 6.33 Å². The Morgan fingerprint density at radius 1 is 0.971 bits per heavy atom. The Kier molecular flexibility index (Phi) is 8.57. The molecular weight excluding hydrogens is 497 g/mol. The first-order valence-electron chi connectivity index (χ1n) is 10.3. The van der Waals surface area contributed by atoms with Gasteiger partial charge < -0.3 is 4.55 Å². The zero-order chi connectivity index (χ0) is 25.9. The predicted molar refractivity (Wildman–Crippen MR) is 118 cm³/mol. The SMILES string of the molecule is C[n+]1ccn(S(=O)(=O)N2CCN(Cc3ccc(C(C)(C)C)cc3)CC2)c1.O=S(=O)([O-])C(F)(F)F. The van der Waals surface area contributed by atoms with Gasteiger partial charge in [0.1, 0.15) is 12.4 Å². The van der Waals surface area contributed by atoms with Gasteiger partial charge in [0.2, 0.25) is 0 Å². The number of hydrogen-bond acceptors (Lipinski definition) is 6. The third-order valence-electron chi connectivity index (χ3n) is 5.18. The molecule has 0 aliphatic carbocycles. The number of halogens is 3. The van der Waals surface area contributed by atoms with E-state index in [1.165, 1.54) is 15.1 Å². The second-order valence-corrected chi connectivity index (χ2v) is 12.1. The highest BCUT2D eigenvalue weighted by molar-refractivity contribution is 7.87. The summed E-state index contributed by atoms with van der Waals surface area (Å²) in [6.07, 6.45) is 4.89. The predicted octanol–water partition coefficient (Wildman–Crippen LogP) is 1.57. The van der Waals surface area contributed by atoms with Gasteiger partial charge in [-0.3, -0.25) is 4.90 Å². The molecule has 0 atom stereocenters. The molecule has 0 N–H and O–H groups in total. The Hall–Kier alpha value is -2.00. The average Bonchev–Trinajstić information content (AvgIpc) is 3.14. The summed E-state index contributed by atoms with van der Waals surface area (Å²) in [6.45, 7) is 10.0. The van der Waals surface area contributed by atoms with Gasteiger partial charge in [0.15, 0.2) is 10.1 Å². The summed E-state index contributed by atoms with van der Waals surface area (Å²) in [4.78, 5) is 2.31. The Morgan fingerprint density at radius 2 is 1.47 bits per heavy atom. The molecule has 0 unspecified atom stereocenters. The molecule has 0 saturated carbocycles. The molecule has 1 aliphatic rings. The van der Waals surface area contributed by atoms with Crippen molar-refractivity contribution < 1.29 is 39.1 Å². The first-order chi connectivity index (χ1) is 15.4. The summed E-state index contributed by atoms with van der Waals surface area (Å²) in [6, 6.07) is 8.76. The van der Waals surface area contributed by atoms with Crippen molar-refractivity contribution in [2.45, 2.75) is 38.2 Å². The molecule has 2 aromatic rings. The van der Waals surface area contributed by atoms with Crippen molar-refractivity contribution in [1.29, 1.82) is 0 Å². The Labute approximate surface area is 198 Å². The van der Waals surface area contributed by atoms with E-state index >= 15 is 0 Å². The van der Waals surface area contributed by atoms with E-state index < -0.39 is 25.8 Å². The molecule has 34 heavy (non-hydrogen) atoms. The third-order valence-corrected chi connectivity index (χ3v) is 7.51. The number of aryl methyl sites for hydroxylation is 1. The van der Waals surface area contributed by atoms with Crippen LogP contribution in [0.3, 0.4) is 0 Å². The zero-order valence-electron chi connectivity index (χ0n) is 19.4. The van der Waals surface area contributed by atoms with E-state index in [1.807, 2.05) is 7.05 Å². The Bertz CT molecular complexity index is 1160. The molecule has 14 heteroatoms. The lowest BCUT2D eigenvalue weighted by molar-refractivity contribution is -0.670. The topological polar surface area (TPSA) is 107 Å². The van der Waals surface area contributed by atoms with E-state index in [-0.39, 0.29) is 5.41 Å². The van der Waals surface area contributed by atoms with Crippen molar-refractivity contribution in [1.82, 2.24) is 13.2 Å². The van der Waals surface area contributed by atoms with Gasteiger partial charge in [0, 0.05) is 32.7 Å². The largest absolute Gasteiger partial charge is 0.741 e. The van der Waals surface area contributed by atoms with Crippen molar-refractivity contribution in [3.8, 4) is 0 Å². The van der Waals surface area contributed by atoms with E-state index in [2.05, 4.69) is 49.9 Å². The van der Waals surface area contributed by atoms with Crippen molar-refractivity contribution in [3.63, 3.8) is 0 Å². The lowest BCUT2D eigenvalue weighted by Crippen LogP contribution is -2.49. The summed E-state index contributed by atoms with van der Waals surface area (Å²) in [5.74, 6) is 0. The van der Waals surface area contributed by atoms with Crippen LogP contribution in [0.15, 0.2) is 43.0 Å². The maximum Gasteiger partial charge on any atom is 0.485 e. The number of rotatable bonds is 4. The molecule has 1 saturated heterocycles. The van der Waals surface area contributed by atoms with Gasteiger partial charge in [-0.25, -0.2) is 13.0 Å². The quantitative estimate of drug-likeness (QED) is 0.340. The van der Waals surface area contributed by atoms with Crippen molar-refractivity contribution in [2.24, 2.45) is 7.05 Å². The fraction of sp³-hybridized carbons (Fsp3) is 0.550. The lowest BCUT2D eigenvalue weighted by Gasteiger charge is -2.32. The number of nitrogens with zero attached hydrogens (tertiary/aromatic N) is 4. The van der Waals surface area contributed by atoms with Crippen molar-refractivity contribution in [2.75, 3.05) is 26.2 Å². The normalized spacial score (nSPS) is 16.7. The minimum Gasteiger partial charge on any atom is -0.741 e. The third kappa shape index (κ3) is 7.50. The van der Waals surface area contributed by atoms with Crippen LogP contribution in [0.4, 0.5) is 13.2 Å². The highest BCUT2D eigenvalue weighted by atomic mass is 32.2. The first kappa shape index (κ1) is 28.2. The average molecular weight is 527 g/mol. The van der Waals surface area contributed by atoms with Gasteiger partial charge in [-0.1, -0.05) is 45.0 Å².